The third-order valence-corrected chi connectivity index (χ3v) is 14.8. The summed E-state index contributed by atoms with van der Waals surface area (Å²) in [6, 6.07) is 0. The summed E-state index contributed by atoms with van der Waals surface area (Å²) in [6.45, 7) is 15.6. The highest BCUT2D eigenvalue weighted by molar-refractivity contribution is 5.69. The van der Waals surface area contributed by atoms with Crippen molar-refractivity contribution < 1.29 is 14.3 Å². The standard InChI is InChI=1S/C46H83NO3/c1-7-8-9-10-11-12-13-14-15-16-17-18-19-23-44(48)49-34-39(33-47)50-38-28-30-45(5)37(32-38)24-25-40-42-27-26-41(36(4)22-20-21-35(2)3)46(42,6)31-29-43(40)45/h24,35-36,38-43H,7-23,25-34,47H2,1-6H3/t36-,38+,39?,40+,41-,42+,43+,45+,46-/m1/s1. The van der Waals surface area contributed by atoms with Crippen LogP contribution in [0, 0.1) is 46.3 Å². The van der Waals surface area contributed by atoms with Gasteiger partial charge in [-0.3, -0.25) is 4.79 Å². The maximum Gasteiger partial charge on any atom is 0.305 e. The van der Waals surface area contributed by atoms with Crippen LogP contribution in [0.5, 0.6) is 0 Å². The molecule has 4 rings (SSSR count). The van der Waals surface area contributed by atoms with E-state index in [4.69, 9.17) is 15.2 Å². The number of carbonyl (C=O) groups is 1. The first-order valence-electron chi connectivity index (χ1n) is 22.3. The molecule has 4 heteroatoms. The molecule has 3 saturated carbocycles. The SMILES string of the molecule is CCCCCCCCCCCCCCCC(=O)OCC(CN)O[C@H]1CC[C@@]2(C)C(=CC[C@H]3[C@@H]4CC[C@H]([C@H](C)CCCC(C)C)[C@@]4(C)CC[C@@H]32)C1. The van der Waals surface area contributed by atoms with Crippen LogP contribution in [-0.4, -0.2) is 31.3 Å². The number of carbonyl (C=O) groups excluding carboxylic acids is 1. The van der Waals surface area contributed by atoms with Gasteiger partial charge in [0.25, 0.3) is 0 Å². The molecule has 0 bridgehead atoms. The molecule has 0 amide bonds. The lowest BCUT2D eigenvalue weighted by atomic mass is 9.47. The van der Waals surface area contributed by atoms with Crippen LogP contribution in [0.1, 0.15) is 202 Å². The average molecular weight is 698 g/mol. The number of hydrogen-bond donors (Lipinski definition) is 1. The molecule has 2 N–H and O–H groups in total. The summed E-state index contributed by atoms with van der Waals surface area (Å²) in [5.74, 6) is 5.11. The highest BCUT2D eigenvalue weighted by Crippen LogP contribution is 2.67. The molecule has 0 aromatic rings. The number of rotatable bonds is 24. The van der Waals surface area contributed by atoms with Gasteiger partial charge in [0.1, 0.15) is 12.7 Å². The summed E-state index contributed by atoms with van der Waals surface area (Å²) >= 11 is 0. The molecule has 4 nitrogen and oxygen atoms in total. The Morgan fingerprint density at radius 1 is 0.820 bits per heavy atom. The fourth-order valence-corrected chi connectivity index (χ4v) is 11.7. The lowest BCUT2D eigenvalue weighted by molar-refractivity contribution is -0.150. The Kier molecular flexibility index (Phi) is 17.7. The molecule has 0 aromatic heterocycles. The van der Waals surface area contributed by atoms with Crippen LogP contribution < -0.4 is 5.73 Å². The Balaban J connectivity index is 1.13. The fraction of sp³-hybridized carbons (Fsp3) is 0.935. The van der Waals surface area contributed by atoms with Crippen LogP contribution in [0.15, 0.2) is 11.6 Å². The second-order valence-corrected chi connectivity index (χ2v) is 18.8. The molecule has 0 aliphatic heterocycles. The van der Waals surface area contributed by atoms with E-state index in [-0.39, 0.29) is 18.2 Å². The molecule has 4 aliphatic rings. The van der Waals surface area contributed by atoms with Crippen molar-refractivity contribution in [1.29, 1.82) is 0 Å². The van der Waals surface area contributed by atoms with E-state index in [1.54, 1.807) is 5.57 Å². The second kappa shape index (κ2) is 21.1. The van der Waals surface area contributed by atoms with Crippen LogP contribution in [0.25, 0.3) is 0 Å². The molecule has 0 spiro atoms. The fourth-order valence-electron chi connectivity index (χ4n) is 11.7. The van der Waals surface area contributed by atoms with Crippen molar-refractivity contribution in [3.8, 4) is 0 Å². The minimum atomic E-state index is -0.203. The Hall–Kier alpha value is -0.870. The first-order valence-corrected chi connectivity index (χ1v) is 22.3. The zero-order valence-corrected chi connectivity index (χ0v) is 34.1. The predicted molar refractivity (Wildman–Crippen MR) is 212 cm³/mol. The molecule has 50 heavy (non-hydrogen) atoms. The Bertz CT molecular complexity index is 1010. The smallest absolute Gasteiger partial charge is 0.305 e. The van der Waals surface area contributed by atoms with Crippen molar-refractivity contribution >= 4 is 5.97 Å². The van der Waals surface area contributed by atoms with Gasteiger partial charge in [0.2, 0.25) is 0 Å². The van der Waals surface area contributed by atoms with Crippen molar-refractivity contribution in [2.24, 2.45) is 52.1 Å². The summed E-state index contributed by atoms with van der Waals surface area (Å²) in [7, 11) is 0. The lowest BCUT2D eigenvalue weighted by Gasteiger charge is -2.58. The maximum atomic E-state index is 12.5. The average Bonchev–Trinajstić information content (AvgIpc) is 3.45. The van der Waals surface area contributed by atoms with E-state index in [2.05, 4.69) is 47.6 Å². The summed E-state index contributed by atoms with van der Waals surface area (Å²) in [4.78, 5) is 12.5. The first kappa shape index (κ1) is 41.9. The highest BCUT2D eigenvalue weighted by Gasteiger charge is 2.59. The van der Waals surface area contributed by atoms with E-state index in [9.17, 15) is 4.79 Å². The number of fused-ring (bicyclic) bond motifs is 5. The molecule has 0 aromatic carbocycles. The Labute approximate surface area is 310 Å². The number of esters is 1. The van der Waals surface area contributed by atoms with Gasteiger partial charge in [0, 0.05) is 13.0 Å². The van der Waals surface area contributed by atoms with Crippen molar-refractivity contribution in [2.45, 2.75) is 214 Å². The Morgan fingerprint density at radius 2 is 1.48 bits per heavy atom. The number of ether oxygens (including phenoxy) is 2. The van der Waals surface area contributed by atoms with Gasteiger partial charge in [0.05, 0.1) is 6.10 Å². The zero-order chi connectivity index (χ0) is 36.0. The molecule has 3 fully saturated rings. The highest BCUT2D eigenvalue weighted by atomic mass is 16.6. The van der Waals surface area contributed by atoms with Crippen molar-refractivity contribution in [2.75, 3.05) is 13.2 Å². The van der Waals surface area contributed by atoms with E-state index >= 15 is 0 Å². The van der Waals surface area contributed by atoms with E-state index in [0.29, 0.717) is 30.4 Å². The maximum absolute atomic E-state index is 12.5. The summed E-state index contributed by atoms with van der Waals surface area (Å²) in [5, 5.41) is 0. The first-order chi connectivity index (χ1) is 24.1. The van der Waals surface area contributed by atoms with Gasteiger partial charge in [0.15, 0.2) is 0 Å². The topological polar surface area (TPSA) is 61.5 Å². The van der Waals surface area contributed by atoms with Crippen LogP contribution in [0.4, 0.5) is 0 Å². The van der Waals surface area contributed by atoms with Gasteiger partial charge in [-0.1, -0.05) is 150 Å². The minimum Gasteiger partial charge on any atom is -0.463 e. The van der Waals surface area contributed by atoms with Crippen LogP contribution >= 0.6 is 0 Å². The normalized spacial score (nSPS) is 31.8. The Morgan fingerprint density at radius 3 is 2.12 bits per heavy atom. The van der Waals surface area contributed by atoms with Gasteiger partial charge in [-0.05, 0) is 104 Å². The van der Waals surface area contributed by atoms with Crippen molar-refractivity contribution in [3.05, 3.63) is 11.6 Å². The molecule has 9 atom stereocenters. The summed E-state index contributed by atoms with van der Waals surface area (Å²) in [5.41, 5.74) is 8.67. The van der Waals surface area contributed by atoms with E-state index in [1.165, 1.54) is 128 Å². The largest absolute Gasteiger partial charge is 0.463 e. The third kappa shape index (κ3) is 11.6. The number of hydrogen-bond acceptors (Lipinski definition) is 4. The number of nitrogens with two attached hydrogens (primary N) is 1. The molecule has 290 valence electrons. The molecular formula is C46H83NO3. The lowest BCUT2D eigenvalue weighted by Crippen LogP contribution is -2.51. The van der Waals surface area contributed by atoms with Crippen LogP contribution in [0.3, 0.4) is 0 Å². The quantitative estimate of drug-likeness (QED) is 0.0619. The minimum absolute atomic E-state index is 0.0872. The molecule has 4 aliphatic carbocycles. The predicted octanol–water partition coefficient (Wildman–Crippen LogP) is 12.8. The van der Waals surface area contributed by atoms with Gasteiger partial charge >= 0.3 is 5.97 Å². The van der Waals surface area contributed by atoms with E-state index in [0.717, 1.165) is 61.2 Å². The van der Waals surface area contributed by atoms with Crippen molar-refractivity contribution in [1.82, 2.24) is 0 Å². The van der Waals surface area contributed by atoms with E-state index < -0.39 is 0 Å². The second-order valence-electron chi connectivity index (χ2n) is 18.8. The third-order valence-electron chi connectivity index (χ3n) is 14.8. The van der Waals surface area contributed by atoms with Gasteiger partial charge in [-0.25, -0.2) is 0 Å². The van der Waals surface area contributed by atoms with Gasteiger partial charge in [-0.2, -0.15) is 0 Å². The number of allylic oxidation sites excluding steroid dienone is 1. The summed E-state index contributed by atoms with van der Waals surface area (Å²) < 4.78 is 12.3. The molecule has 1 unspecified atom stereocenters. The number of unbranched alkanes of at least 4 members (excludes halogenated alkanes) is 12. The molecule has 0 radical (unpaired) electrons. The van der Waals surface area contributed by atoms with Crippen LogP contribution in [-0.2, 0) is 14.3 Å². The van der Waals surface area contributed by atoms with Crippen molar-refractivity contribution in [3.63, 3.8) is 0 Å². The van der Waals surface area contributed by atoms with Gasteiger partial charge < -0.3 is 15.2 Å². The molecule has 0 heterocycles. The van der Waals surface area contributed by atoms with E-state index in [1.807, 2.05) is 0 Å². The monoisotopic (exact) mass is 698 g/mol. The van der Waals surface area contributed by atoms with Gasteiger partial charge in [-0.15, -0.1) is 0 Å². The molecule has 0 saturated heterocycles. The van der Waals surface area contributed by atoms with Crippen LogP contribution in [0.2, 0.25) is 0 Å². The molecular weight excluding hydrogens is 615 g/mol. The zero-order valence-electron chi connectivity index (χ0n) is 34.1. The summed E-state index contributed by atoms with van der Waals surface area (Å²) in [6.07, 6.45) is 34.8.